The zero-order valence-corrected chi connectivity index (χ0v) is 65.3. The molecule has 0 saturated carbocycles. The first-order chi connectivity index (χ1) is 58.1. The smallest absolute Gasteiger partial charge is 0.251 e. The van der Waals surface area contributed by atoms with E-state index >= 15 is 9.59 Å². The number of aromatic nitrogens is 4. The normalized spacial score (nSPS) is 23.7. The number of nitrogens with zero attached hydrogens (tertiary/aromatic N) is 2. The Labute approximate surface area is 689 Å². The van der Waals surface area contributed by atoms with E-state index in [1.165, 1.54) is 0 Å². The van der Waals surface area contributed by atoms with Gasteiger partial charge < -0.3 is 126 Å². The average Bonchev–Trinajstić information content (AvgIpc) is 1.62. The van der Waals surface area contributed by atoms with Gasteiger partial charge >= 0.3 is 0 Å². The quantitative estimate of drug-likeness (QED) is 0.0258. The van der Waals surface area contributed by atoms with Gasteiger partial charge in [0.1, 0.15) is 79.3 Å². The van der Waals surface area contributed by atoms with Gasteiger partial charge in [-0.2, -0.15) is 0 Å². The van der Waals surface area contributed by atoms with Gasteiger partial charge in [0.2, 0.25) is 23.6 Å². The lowest BCUT2D eigenvalue weighted by molar-refractivity contribution is -0.300. The van der Waals surface area contributed by atoms with Gasteiger partial charge in [0.15, 0.2) is 18.9 Å². The molecule has 0 unspecified atom stereocenters. The number of aliphatic hydroxyl groups excluding tert-OH is 12. The molecule has 3 fully saturated rings. The maximum absolute atomic E-state index is 15.7. The molecule has 32 nitrogen and oxygen atoms in total. The third kappa shape index (κ3) is 20.8. The molecule has 8 heterocycles. The van der Waals surface area contributed by atoms with Gasteiger partial charge in [0, 0.05) is 101 Å². The number of nitrogens with one attached hydrogen (secondary N) is 7. The van der Waals surface area contributed by atoms with Crippen LogP contribution in [0.3, 0.4) is 0 Å². The fourth-order valence-corrected chi connectivity index (χ4v) is 15.3. The maximum Gasteiger partial charge on any atom is 0.251 e. The van der Waals surface area contributed by atoms with E-state index in [9.17, 15) is 75.7 Å². The highest BCUT2D eigenvalue weighted by Crippen LogP contribution is 2.40. The average molecular weight is 1650 g/mol. The third-order valence-electron chi connectivity index (χ3n) is 21.8. The Balaban J connectivity index is 0.818. The molecule has 3 saturated heterocycles. The van der Waals surface area contributed by atoms with Crippen molar-refractivity contribution in [1.82, 2.24) is 46.5 Å². The molecule has 120 heavy (non-hydrogen) atoms. The van der Waals surface area contributed by atoms with Crippen LogP contribution in [0.5, 0.6) is 0 Å². The SMILES string of the molecule is O=C(CCC(CCC(=O)NCCO[C@H]1O[C@H](CO)[C@@H](O)[C@H](O)[C@@H]1O)(CCC(=O)NCCO[C@H]1O[C@H](CO)[C@@H](O)[C@H](O)[C@@H]1O)NC(=O)[C@H](Cc1ccccc1)NC(=O)c1ccc(-c2c3nc(c(-c4ccccc4)c4ccc([nH]4)c(-c4ccccc4)c4nc(c(-c5ccccc5)c5ccc2[nH]5)C=C4)C=C3)cc1)NCCO[C@H]1O[C@H](CO)[C@@H](O)[C@H](O)[C@@H]1O. The maximum atomic E-state index is 15.7. The summed E-state index contributed by atoms with van der Waals surface area (Å²) in [7, 11) is 0. The van der Waals surface area contributed by atoms with Gasteiger partial charge in [-0.1, -0.05) is 133 Å². The van der Waals surface area contributed by atoms with E-state index in [-0.39, 0.29) is 70.7 Å². The molecule has 3 aromatic heterocycles. The zero-order chi connectivity index (χ0) is 84.6. The molecule has 8 aromatic rings. The number of hydrogen-bond acceptors (Lipinski definition) is 25. The molecular formula is C88H99N9O23. The number of carbonyl (C=O) groups is 5. The van der Waals surface area contributed by atoms with Crippen molar-refractivity contribution in [3.8, 4) is 44.5 Å². The number of benzene rings is 5. The van der Waals surface area contributed by atoms with Crippen LogP contribution < -0.4 is 26.6 Å². The van der Waals surface area contributed by atoms with Gasteiger partial charge in [-0.3, -0.25) is 24.0 Å². The minimum absolute atomic E-state index is 0.120. The van der Waals surface area contributed by atoms with Crippen molar-refractivity contribution in [1.29, 1.82) is 0 Å². The van der Waals surface area contributed by atoms with Crippen molar-refractivity contribution >= 4 is 75.9 Å². The number of aromatic amines is 2. The largest absolute Gasteiger partial charge is 0.394 e. The summed E-state index contributed by atoms with van der Waals surface area (Å²) in [5.74, 6) is -3.44. The lowest BCUT2D eigenvalue weighted by Crippen LogP contribution is -2.59. The van der Waals surface area contributed by atoms with E-state index in [0.717, 1.165) is 55.6 Å². The van der Waals surface area contributed by atoms with Crippen LogP contribution in [-0.2, 0) is 54.0 Å². The van der Waals surface area contributed by atoms with Crippen LogP contribution in [0.25, 0.3) is 90.9 Å². The van der Waals surface area contributed by atoms with Crippen molar-refractivity contribution in [3.63, 3.8) is 0 Å². The number of amides is 5. The Morgan fingerprint density at radius 1 is 0.392 bits per heavy atom. The fraction of sp³-hybridized carbons (Fsp3) is 0.375. The predicted octanol–water partition coefficient (Wildman–Crippen LogP) is 2.66. The van der Waals surface area contributed by atoms with Crippen LogP contribution in [0, 0.1) is 0 Å². The van der Waals surface area contributed by atoms with Crippen LogP contribution in [0.2, 0.25) is 0 Å². The Kier molecular flexibility index (Phi) is 29.5. The lowest BCUT2D eigenvalue weighted by Gasteiger charge is -2.39. The van der Waals surface area contributed by atoms with E-state index in [1.807, 2.05) is 121 Å². The van der Waals surface area contributed by atoms with Crippen molar-refractivity contribution in [2.45, 2.75) is 149 Å². The first kappa shape index (κ1) is 87.2. The standard InChI is InChI=1S/C88H99N9O23/c98-46-64-74(104)77(107)80(110)85(118-64)115-42-39-89-67(101)33-36-88(37-34-68(102)90-40-43-116-86-81(111)78(108)75(105)65(47-99)119-86,38-35-69(103)91-41-44-117-87-82(112)79(109)76(106)66(48-100)120-87)97-84(114)63(45-49-13-5-1-6-14-49)96-83(113)54-23-21-53(22-24-54)73-61-31-29-59(94-61)71(51-17-9-3-10-18-51)57-27-25-55(92-57)70(50-15-7-2-8-16-50)56-26-28-58(93-56)72(52-19-11-4-12-20-52)60-30-32-62(73)95-60/h1-32,63-66,74-82,85-87,92,95,98-100,104-112H,33-48H2,(H,89,101)(H,90,102)(H,91,103)(H,96,113)(H,97,114)/t63-,64+,65+,66+,74+,75+,76+,77-,78-,79-,80-,81-,82-,85-,86-,87-/m0/s1. The summed E-state index contributed by atoms with van der Waals surface area (Å²) in [4.78, 5) is 91.6. The Bertz CT molecular complexity index is 4870. The van der Waals surface area contributed by atoms with E-state index in [4.69, 9.17) is 38.4 Å². The first-order valence-corrected chi connectivity index (χ1v) is 39.8. The Morgan fingerprint density at radius 3 is 1.02 bits per heavy atom. The molecule has 5 aromatic carbocycles. The van der Waals surface area contributed by atoms with E-state index in [2.05, 4.69) is 54.8 Å². The van der Waals surface area contributed by atoms with Crippen molar-refractivity contribution in [2.75, 3.05) is 59.3 Å². The molecule has 0 spiro atoms. The summed E-state index contributed by atoms with van der Waals surface area (Å²) in [5.41, 5.74) is 11.5. The monoisotopic (exact) mass is 1650 g/mol. The topological polar surface area (TPSA) is 501 Å². The van der Waals surface area contributed by atoms with Crippen molar-refractivity contribution < 1.29 is 114 Å². The molecule has 32 heteroatoms. The number of ether oxygens (including phenoxy) is 6. The second kappa shape index (κ2) is 40.6. The van der Waals surface area contributed by atoms with Crippen LogP contribution in [0.1, 0.15) is 77.2 Å². The van der Waals surface area contributed by atoms with Gasteiger partial charge in [0.05, 0.1) is 62.4 Å². The van der Waals surface area contributed by atoms with Gasteiger partial charge in [-0.25, -0.2) is 9.97 Å². The Morgan fingerprint density at radius 2 is 0.700 bits per heavy atom. The summed E-state index contributed by atoms with van der Waals surface area (Å²) in [6, 6.07) is 52.3. The Hall–Kier alpha value is -10.7. The number of aliphatic hydroxyl groups is 12. The first-order valence-electron chi connectivity index (χ1n) is 39.8. The van der Waals surface area contributed by atoms with Crippen LogP contribution in [0.4, 0.5) is 0 Å². The van der Waals surface area contributed by atoms with Gasteiger partial charge in [0.25, 0.3) is 5.91 Å². The highest BCUT2D eigenvalue weighted by molar-refractivity contribution is 6.02. The molecule has 0 aliphatic carbocycles. The second-order valence-corrected chi connectivity index (χ2v) is 29.9. The second-order valence-electron chi connectivity index (χ2n) is 29.9. The minimum atomic E-state index is -1.75. The highest BCUT2D eigenvalue weighted by Gasteiger charge is 2.47. The minimum Gasteiger partial charge on any atom is -0.394 e. The fourth-order valence-electron chi connectivity index (χ4n) is 15.3. The molecule has 13 rings (SSSR count). The zero-order valence-electron chi connectivity index (χ0n) is 65.3. The summed E-state index contributed by atoms with van der Waals surface area (Å²) in [6.45, 7) is -3.87. The molecule has 16 atom stereocenters. The summed E-state index contributed by atoms with van der Waals surface area (Å²) in [5, 5.41) is 137. The highest BCUT2D eigenvalue weighted by atomic mass is 16.7. The van der Waals surface area contributed by atoms with Crippen molar-refractivity contribution in [2.24, 2.45) is 0 Å². The molecule has 5 aliphatic heterocycles. The number of fused-ring (bicyclic) bond motifs is 8. The molecule has 19 N–H and O–H groups in total. The summed E-state index contributed by atoms with van der Waals surface area (Å²) < 4.78 is 33.2. The van der Waals surface area contributed by atoms with Crippen LogP contribution >= 0.6 is 0 Å². The van der Waals surface area contributed by atoms with Gasteiger partial charge in [-0.05, 0) is 108 Å². The van der Waals surface area contributed by atoms with Crippen LogP contribution in [-0.4, -0.2) is 274 Å². The molecule has 8 bridgehead atoms. The molecule has 634 valence electrons. The van der Waals surface area contributed by atoms with Gasteiger partial charge in [-0.15, -0.1) is 0 Å². The number of H-pyrrole nitrogens is 2. The third-order valence-corrected chi connectivity index (χ3v) is 21.8. The van der Waals surface area contributed by atoms with E-state index in [0.29, 0.717) is 39.3 Å². The number of carbonyl (C=O) groups excluding carboxylic acids is 5. The molecule has 0 radical (unpaired) electrons. The summed E-state index contributed by atoms with van der Waals surface area (Å²) in [6.07, 6.45) is -18.2. The van der Waals surface area contributed by atoms with Crippen LogP contribution in [0.15, 0.2) is 170 Å². The van der Waals surface area contributed by atoms with E-state index in [1.54, 1.807) is 54.6 Å². The molecular weight excluding hydrogens is 1550 g/mol. The van der Waals surface area contributed by atoms with E-state index < -0.39 is 172 Å². The number of rotatable bonds is 34. The summed E-state index contributed by atoms with van der Waals surface area (Å²) >= 11 is 0. The lowest BCUT2D eigenvalue weighted by atomic mass is 9.82. The molecule has 5 amide bonds. The predicted molar refractivity (Wildman–Crippen MR) is 439 cm³/mol. The number of hydrogen-bond donors (Lipinski definition) is 19. The van der Waals surface area contributed by atoms with Crippen molar-refractivity contribution in [3.05, 3.63) is 204 Å². The molecule has 5 aliphatic rings.